The Morgan fingerprint density at radius 1 is 1.18 bits per heavy atom. The van der Waals surface area contributed by atoms with E-state index in [2.05, 4.69) is 36.5 Å². The zero-order valence-corrected chi connectivity index (χ0v) is 17.0. The predicted molar refractivity (Wildman–Crippen MR) is 111 cm³/mol. The summed E-state index contributed by atoms with van der Waals surface area (Å²) in [5.74, 6) is 0.408. The van der Waals surface area contributed by atoms with Crippen LogP contribution in [-0.4, -0.2) is 39.9 Å². The average Bonchev–Trinajstić information content (AvgIpc) is 3.15. The number of hydrogen-bond acceptors (Lipinski definition) is 5. The average molecular weight is 458 g/mol. The number of anilines is 1. The molecule has 3 amide bonds. The normalized spacial score (nSPS) is 16.5. The van der Waals surface area contributed by atoms with Crippen molar-refractivity contribution in [2.45, 2.75) is 6.04 Å². The molecule has 1 fully saturated rings. The fourth-order valence-electron chi connectivity index (χ4n) is 2.98. The van der Waals surface area contributed by atoms with Gasteiger partial charge in [0, 0.05) is 6.54 Å². The number of aromatic nitrogens is 2. The van der Waals surface area contributed by atoms with Crippen LogP contribution in [0.2, 0.25) is 0 Å². The largest absolute Gasteiger partial charge is 0.352 e. The summed E-state index contributed by atoms with van der Waals surface area (Å²) in [4.78, 5) is 35.8. The molecule has 0 bridgehead atoms. The third-order valence-corrected chi connectivity index (χ3v) is 5.94. The first-order chi connectivity index (χ1) is 13.6. The van der Waals surface area contributed by atoms with Crippen molar-refractivity contribution in [1.82, 2.24) is 20.2 Å². The molecule has 1 saturated heterocycles. The number of nitrogens with one attached hydrogen (secondary N) is 2. The fourth-order valence-corrected chi connectivity index (χ4v) is 4.31. The number of carbonyl (C=O) groups excluding carboxylic acids is 2. The Hall–Kier alpha value is -2.78. The molecule has 3 aromatic rings. The Morgan fingerprint density at radius 2 is 1.93 bits per heavy atom. The Bertz CT molecular complexity index is 993. The highest BCUT2D eigenvalue weighted by atomic mass is 79.9. The van der Waals surface area contributed by atoms with Crippen LogP contribution in [0.5, 0.6) is 0 Å². The summed E-state index contributed by atoms with van der Waals surface area (Å²) in [5, 5.41) is 5.61. The first-order valence-corrected chi connectivity index (χ1v) is 10.2. The van der Waals surface area contributed by atoms with Crippen LogP contribution in [0.4, 0.5) is 10.5 Å². The number of nitrogens with zero attached hydrogens (tertiary/aromatic N) is 3. The number of halogens is 1. The lowest BCUT2D eigenvalue weighted by Gasteiger charge is -2.35. The van der Waals surface area contributed by atoms with Gasteiger partial charge in [-0.05, 0) is 33.6 Å². The molecule has 142 valence electrons. The van der Waals surface area contributed by atoms with Gasteiger partial charge < -0.3 is 15.5 Å². The lowest BCUT2D eigenvalue weighted by Crippen LogP contribution is -2.53. The number of piperazine rings is 1. The molecule has 4 rings (SSSR count). The van der Waals surface area contributed by atoms with E-state index in [9.17, 15) is 9.59 Å². The minimum absolute atomic E-state index is 0.00639. The van der Waals surface area contributed by atoms with Crippen molar-refractivity contribution in [3.8, 4) is 10.7 Å². The second-order valence-electron chi connectivity index (χ2n) is 6.19. The Labute approximate surface area is 173 Å². The third-order valence-electron chi connectivity index (χ3n) is 4.32. The van der Waals surface area contributed by atoms with E-state index >= 15 is 0 Å². The summed E-state index contributed by atoms with van der Waals surface area (Å²) < 4.78 is 0.999. The molecule has 2 aromatic heterocycles. The smallest absolute Gasteiger partial charge is 0.322 e. The minimum Gasteiger partial charge on any atom is -0.352 e. The Balaban J connectivity index is 1.50. The molecule has 3 heterocycles. The van der Waals surface area contributed by atoms with Crippen LogP contribution in [0.15, 0.2) is 58.6 Å². The Morgan fingerprint density at radius 3 is 2.61 bits per heavy atom. The summed E-state index contributed by atoms with van der Waals surface area (Å²) in [6, 6.07) is 12.9. The lowest BCUT2D eigenvalue weighted by atomic mass is 10.0. The van der Waals surface area contributed by atoms with Gasteiger partial charge in [-0.1, -0.05) is 30.3 Å². The molecule has 28 heavy (non-hydrogen) atoms. The highest BCUT2D eigenvalue weighted by Gasteiger charge is 2.31. The zero-order chi connectivity index (χ0) is 19.5. The van der Waals surface area contributed by atoms with Crippen molar-refractivity contribution < 1.29 is 9.59 Å². The van der Waals surface area contributed by atoms with Gasteiger partial charge in [-0.2, -0.15) is 0 Å². The molecule has 1 aliphatic heterocycles. The van der Waals surface area contributed by atoms with Gasteiger partial charge in [0.1, 0.15) is 6.54 Å². The van der Waals surface area contributed by atoms with Crippen LogP contribution in [0.1, 0.15) is 11.6 Å². The van der Waals surface area contributed by atoms with Gasteiger partial charge in [-0.15, -0.1) is 11.3 Å². The van der Waals surface area contributed by atoms with Crippen LogP contribution < -0.4 is 10.6 Å². The van der Waals surface area contributed by atoms with Gasteiger partial charge >= 0.3 is 6.03 Å². The molecule has 2 N–H and O–H groups in total. The van der Waals surface area contributed by atoms with E-state index in [1.807, 2.05) is 42.5 Å². The van der Waals surface area contributed by atoms with Crippen molar-refractivity contribution in [1.29, 1.82) is 0 Å². The number of rotatable bonds is 3. The zero-order valence-electron chi connectivity index (χ0n) is 14.6. The van der Waals surface area contributed by atoms with Crippen molar-refractivity contribution >= 4 is 44.9 Å². The van der Waals surface area contributed by atoms with E-state index < -0.39 is 0 Å². The molecule has 0 aliphatic carbocycles. The molecule has 1 aromatic carbocycles. The molecule has 1 aliphatic rings. The molecule has 7 nitrogen and oxygen atoms in total. The van der Waals surface area contributed by atoms with Crippen molar-refractivity contribution in [2.75, 3.05) is 18.4 Å². The number of amides is 3. The summed E-state index contributed by atoms with van der Waals surface area (Å²) in [6.45, 7) is 0.368. The number of thiophene rings is 1. The summed E-state index contributed by atoms with van der Waals surface area (Å²) in [7, 11) is 0. The van der Waals surface area contributed by atoms with E-state index in [1.165, 1.54) is 16.2 Å². The predicted octanol–water partition coefficient (Wildman–Crippen LogP) is 3.67. The maximum atomic E-state index is 12.8. The second kappa shape index (κ2) is 8.07. The third kappa shape index (κ3) is 4.05. The summed E-state index contributed by atoms with van der Waals surface area (Å²) in [6.07, 6.45) is 3.13. The van der Waals surface area contributed by atoms with Crippen molar-refractivity contribution in [2.24, 2.45) is 0 Å². The Kier molecular flexibility index (Phi) is 5.36. The SMILES string of the molecule is O=C1CN(C(=O)Nc2cnc(-c3ccc(Br)s3)nc2)C(c2ccccc2)CN1. The van der Waals surface area contributed by atoms with Crippen LogP contribution in [0, 0.1) is 0 Å². The molecular formula is C19H16BrN5O2S. The first kappa shape index (κ1) is 18.6. The molecule has 9 heteroatoms. The summed E-state index contributed by atoms with van der Waals surface area (Å²) >= 11 is 4.95. The monoisotopic (exact) mass is 457 g/mol. The van der Waals surface area contributed by atoms with E-state index in [0.29, 0.717) is 18.1 Å². The maximum Gasteiger partial charge on any atom is 0.322 e. The van der Waals surface area contributed by atoms with Crippen LogP contribution >= 0.6 is 27.3 Å². The van der Waals surface area contributed by atoms with Crippen LogP contribution in [0.3, 0.4) is 0 Å². The highest BCUT2D eigenvalue weighted by molar-refractivity contribution is 9.11. The van der Waals surface area contributed by atoms with Crippen molar-refractivity contribution in [3.05, 3.63) is 64.2 Å². The molecule has 0 saturated carbocycles. The lowest BCUT2D eigenvalue weighted by molar-refractivity contribution is -0.124. The van der Waals surface area contributed by atoms with Crippen LogP contribution in [0.25, 0.3) is 10.7 Å². The standard InChI is InChI=1S/C19H16BrN5O2S/c20-16-7-6-15(28-16)18-22-8-13(9-23-18)24-19(27)25-11-17(26)21-10-14(25)12-4-2-1-3-5-12/h1-9,14H,10-11H2,(H,21,26)(H,24,27). The van der Waals surface area contributed by atoms with Gasteiger partial charge in [0.05, 0.1) is 32.8 Å². The maximum absolute atomic E-state index is 12.8. The summed E-state index contributed by atoms with van der Waals surface area (Å²) in [5.41, 5.74) is 1.44. The topological polar surface area (TPSA) is 87.2 Å². The first-order valence-electron chi connectivity index (χ1n) is 8.57. The van der Waals surface area contributed by atoms with E-state index in [4.69, 9.17) is 0 Å². The molecule has 1 atom stereocenters. The fraction of sp³-hybridized carbons (Fsp3) is 0.158. The highest BCUT2D eigenvalue weighted by Crippen LogP contribution is 2.29. The van der Waals surface area contributed by atoms with Gasteiger partial charge in [0.15, 0.2) is 5.82 Å². The van der Waals surface area contributed by atoms with E-state index in [1.54, 1.807) is 12.4 Å². The van der Waals surface area contributed by atoms with Gasteiger partial charge in [-0.3, -0.25) is 4.79 Å². The molecule has 0 spiro atoms. The minimum atomic E-state index is -0.362. The number of carbonyl (C=O) groups is 2. The molecule has 1 unspecified atom stereocenters. The second-order valence-corrected chi connectivity index (χ2v) is 8.65. The van der Waals surface area contributed by atoms with Gasteiger partial charge in [0.2, 0.25) is 5.91 Å². The van der Waals surface area contributed by atoms with Crippen LogP contribution in [-0.2, 0) is 4.79 Å². The quantitative estimate of drug-likeness (QED) is 0.627. The number of urea groups is 1. The molecule has 0 radical (unpaired) electrons. The van der Waals surface area contributed by atoms with E-state index in [0.717, 1.165) is 14.2 Å². The number of hydrogen-bond donors (Lipinski definition) is 2. The van der Waals surface area contributed by atoms with E-state index in [-0.39, 0.29) is 24.5 Å². The number of benzene rings is 1. The van der Waals surface area contributed by atoms with Gasteiger partial charge in [0.25, 0.3) is 0 Å². The molecular weight excluding hydrogens is 442 g/mol. The van der Waals surface area contributed by atoms with Crippen molar-refractivity contribution in [3.63, 3.8) is 0 Å². The van der Waals surface area contributed by atoms with Gasteiger partial charge in [-0.25, -0.2) is 14.8 Å².